The molecule has 0 aromatic heterocycles. The molecular weight excluding hydrogens is 252 g/mol. The van der Waals surface area contributed by atoms with Gasteiger partial charge in [0.25, 0.3) is 0 Å². The van der Waals surface area contributed by atoms with Gasteiger partial charge in [0.15, 0.2) is 11.5 Å². The maximum atomic E-state index is 5.36. The van der Waals surface area contributed by atoms with Gasteiger partial charge < -0.3 is 14.8 Å². The van der Waals surface area contributed by atoms with Crippen molar-refractivity contribution in [2.75, 3.05) is 33.9 Å². The zero-order chi connectivity index (χ0) is 14.5. The van der Waals surface area contributed by atoms with E-state index < -0.39 is 0 Å². The van der Waals surface area contributed by atoms with Gasteiger partial charge in [-0.05, 0) is 38.0 Å². The average Bonchev–Trinajstić information content (AvgIpc) is 2.46. The topological polar surface area (TPSA) is 33.7 Å². The van der Waals surface area contributed by atoms with Crippen LogP contribution in [0.2, 0.25) is 0 Å². The Bertz CT molecular complexity index is 426. The molecule has 20 heavy (non-hydrogen) atoms. The van der Waals surface area contributed by atoms with Crippen molar-refractivity contribution in [1.82, 2.24) is 10.2 Å². The molecule has 4 heteroatoms. The van der Waals surface area contributed by atoms with Gasteiger partial charge in [-0.15, -0.1) is 0 Å². The first-order valence-corrected chi connectivity index (χ1v) is 7.33. The third-order valence-corrected chi connectivity index (χ3v) is 4.12. The fourth-order valence-electron chi connectivity index (χ4n) is 2.91. The van der Waals surface area contributed by atoms with Crippen LogP contribution in [-0.4, -0.2) is 50.8 Å². The van der Waals surface area contributed by atoms with Gasteiger partial charge >= 0.3 is 0 Å². The molecule has 0 radical (unpaired) electrons. The molecule has 1 aliphatic heterocycles. The lowest BCUT2D eigenvalue weighted by molar-refractivity contribution is 0.118. The molecule has 1 aromatic carbocycles. The summed E-state index contributed by atoms with van der Waals surface area (Å²) in [5.41, 5.74) is 1.29. The number of nitrogens with one attached hydrogen (secondary N) is 1. The highest BCUT2D eigenvalue weighted by atomic mass is 16.5. The molecule has 1 saturated heterocycles. The van der Waals surface area contributed by atoms with Crippen LogP contribution in [0, 0.1) is 0 Å². The minimum absolute atomic E-state index is 0.596. The molecular formula is C16H26N2O2. The zero-order valence-electron chi connectivity index (χ0n) is 13.0. The van der Waals surface area contributed by atoms with E-state index in [1.165, 1.54) is 5.56 Å². The van der Waals surface area contributed by atoms with Gasteiger partial charge in [0.2, 0.25) is 0 Å². The molecule has 2 unspecified atom stereocenters. The van der Waals surface area contributed by atoms with Crippen molar-refractivity contribution >= 4 is 0 Å². The van der Waals surface area contributed by atoms with Gasteiger partial charge in [-0.3, -0.25) is 4.90 Å². The maximum Gasteiger partial charge on any atom is 0.160 e. The maximum absolute atomic E-state index is 5.36. The summed E-state index contributed by atoms with van der Waals surface area (Å²) in [4.78, 5) is 2.58. The highest BCUT2D eigenvalue weighted by Gasteiger charge is 2.23. The number of benzene rings is 1. The molecule has 0 saturated carbocycles. The lowest BCUT2D eigenvalue weighted by atomic mass is 10.1. The van der Waals surface area contributed by atoms with Crippen LogP contribution < -0.4 is 14.8 Å². The monoisotopic (exact) mass is 278 g/mol. The van der Waals surface area contributed by atoms with Gasteiger partial charge in [-0.25, -0.2) is 0 Å². The van der Waals surface area contributed by atoms with Crippen LogP contribution in [0.5, 0.6) is 11.5 Å². The second kappa shape index (κ2) is 6.95. The second-order valence-corrected chi connectivity index (χ2v) is 5.53. The molecule has 1 fully saturated rings. The van der Waals surface area contributed by atoms with E-state index in [1.54, 1.807) is 14.2 Å². The largest absolute Gasteiger partial charge is 0.493 e. The van der Waals surface area contributed by atoms with E-state index in [1.807, 2.05) is 6.07 Å². The standard InChI is InChI=1S/C16H26N2O2/c1-12-10-17-11-13(2)18(12)8-7-14-5-6-15(19-3)16(9-14)20-4/h5-6,9,12-13,17H,7-8,10-11H2,1-4H3. The van der Waals surface area contributed by atoms with E-state index in [0.29, 0.717) is 12.1 Å². The van der Waals surface area contributed by atoms with E-state index in [4.69, 9.17) is 9.47 Å². The van der Waals surface area contributed by atoms with Crippen molar-refractivity contribution in [1.29, 1.82) is 0 Å². The van der Waals surface area contributed by atoms with Crippen LogP contribution in [0.1, 0.15) is 19.4 Å². The molecule has 1 aliphatic rings. The number of ether oxygens (including phenoxy) is 2. The Morgan fingerprint density at radius 1 is 1.10 bits per heavy atom. The van der Waals surface area contributed by atoms with E-state index in [0.717, 1.165) is 37.6 Å². The summed E-state index contributed by atoms with van der Waals surface area (Å²) in [6, 6.07) is 7.38. The smallest absolute Gasteiger partial charge is 0.160 e. The second-order valence-electron chi connectivity index (χ2n) is 5.53. The lowest BCUT2D eigenvalue weighted by Gasteiger charge is -2.39. The summed E-state index contributed by atoms with van der Waals surface area (Å²) in [6.07, 6.45) is 1.04. The van der Waals surface area contributed by atoms with Crippen LogP contribution in [0.15, 0.2) is 18.2 Å². The molecule has 0 spiro atoms. The molecule has 0 aliphatic carbocycles. The summed E-state index contributed by atoms with van der Waals surface area (Å²) < 4.78 is 10.6. The minimum atomic E-state index is 0.596. The van der Waals surface area contributed by atoms with Crippen LogP contribution in [0.4, 0.5) is 0 Å². The first kappa shape index (κ1) is 15.1. The van der Waals surface area contributed by atoms with Crippen LogP contribution in [0.25, 0.3) is 0 Å². The van der Waals surface area contributed by atoms with Crippen molar-refractivity contribution in [3.8, 4) is 11.5 Å². The van der Waals surface area contributed by atoms with E-state index in [-0.39, 0.29) is 0 Å². The van der Waals surface area contributed by atoms with E-state index in [9.17, 15) is 0 Å². The third-order valence-electron chi connectivity index (χ3n) is 4.12. The van der Waals surface area contributed by atoms with Gasteiger partial charge in [-0.2, -0.15) is 0 Å². The first-order chi connectivity index (χ1) is 9.65. The number of hydrogen-bond acceptors (Lipinski definition) is 4. The number of hydrogen-bond donors (Lipinski definition) is 1. The van der Waals surface area contributed by atoms with Crippen LogP contribution in [0.3, 0.4) is 0 Å². The number of rotatable bonds is 5. The van der Waals surface area contributed by atoms with Crippen molar-refractivity contribution in [3.05, 3.63) is 23.8 Å². The predicted molar refractivity (Wildman–Crippen MR) is 81.7 cm³/mol. The molecule has 2 atom stereocenters. The minimum Gasteiger partial charge on any atom is -0.493 e. The van der Waals surface area contributed by atoms with Crippen molar-refractivity contribution in [3.63, 3.8) is 0 Å². The normalized spacial score (nSPS) is 23.6. The van der Waals surface area contributed by atoms with Gasteiger partial charge in [-0.1, -0.05) is 6.07 Å². The van der Waals surface area contributed by atoms with E-state index >= 15 is 0 Å². The summed E-state index contributed by atoms with van der Waals surface area (Å²) in [7, 11) is 3.35. The summed E-state index contributed by atoms with van der Waals surface area (Å²) in [5.74, 6) is 1.60. The number of nitrogens with zero attached hydrogens (tertiary/aromatic N) is 1. The predicted octanol–water partition coefficient (Wildman–Crippen LogP) is 1.93. The van der Waals surface area contributed by atoms with Gasteiger partial charge in [0, 0.05) is 31.7 Å². The Labute approximate surface area is 122 Å². The number of piperazine rings is 1. The van der Waals surface area contributed by atoms with E-state index in [2.05, 4.69) is 36.2 Å². The molecule has 1 N–H and O–H groups in total. The summed E-state index contributed by atoms with van der Waals surface area (Å²) in [6.45, 7) is 7.82. The molecule has 0 bridgehead atoms. The molecule has 112 valence electrons. The molecule has 1 aromatic rings. The zero-order valence-corrected chi connectivity index (χ0v) is 13.0. The molecule has 4 nitrogen and oxygen atoms in total. The molecule has 1 heterocycles. The quantitative estimate of drug-likeness (QED) is 0.892. The Morgan fingerprint density at radius 3 is 2.35 bits per heavy atom. The highest BCUT2D eigenvalue weighted by Crippen LogP contribution is 2.27. The van der Waals surface area contributed by atoms with Gasteiger partial charge in [0.05, 0.1) is 14.2 Å². The Balaban J connectivity index is 1.99. The first-order valence-electron chi connectivity index (χ1n) is 7.33. The fourth-order valence-corrected chi connectivity index (χ4v) is 2.91. The van der Waals surface area contributed by atoms with Crippen molar-refractivity contribution in [2.24, 2.45) is 0 Å². The highest BCUT2D eigenvalue weighted by molar-refractivity contribution is 5.42. The van der Waals surface area contributed by atoms with Crippen LogP contribution >= 0.6 is 0 Å². The molecule has 2 rings (SSSR count). The molecule has 0 amide bonds. The average molecular weight is 278 g/mol. The Hall–Kier alpha value is -1.26. The summed E-state index contributed by atoms with van der Waals surface area (Å²) in [5, 5.41) is 3.47. The van der Waals surface area contributed by atoms with Gasteiger partial charge in [0.1, 0.15) is 0 Å². The number of methoxy groups -OCH3 is 2. The third kappa shape index (κ3) is 3.44. The lowest BCUT2D eigenvalue weighted by Crippen LogP contribution is -2.55. The SMILES string of the molecule is COc1ccc(CCN2C(C)CNCC2C)cc1OC. The van der Waals surface area contributed by atoms with Crippen LogP contribution in [-0.2, 0) is 6.42 Å². The summed E-state index contributed by atoms with van der Waals surface area (Å²) >= 11 is 0. The van der Waals surface area contributed by atoms with Crippen molar-refractivity contribution in [2.45, 2.75) is 32.4 Å². The van der Waals surface area contributed by atoms with Crippen molar-refractivity contribution < 1.29 is 9.47 Å². The Kier molecular flexibility index (Phi) is 5.26. The Morgan fingerprint density at radius 2 is 1.75 bits per heavy atom. The fraction of sp³-hybridized carbons (Fsp3) is 0.625.